The van der Waals surface area contributed by atoms with Gasteiger partial charge in [0.25, 0.3) is 12.1 Å². The van der Waals surface area contributed by atoms with Crippen LogP contribution in [0, 0.1) is 0 Å². The van der Waals surface area contributed by atoms with Crippen LogP contribution in [0.4, 0.5) is 4.39 Å². The van der Waals surface area contributed by atoms with Crippen LogP contribution in [0.25, 0.3) is 0 Å². The number of aliphatic carboxylic acids is 2. The van der Waals surface area contributed by atoms with Crippen molar-refractivity contribution in [2.24, 2.45) is 0 Å². The number of carbonyl (C=O) groups excluding carboxylic acids is 2. The third-order valence-electron chi connectivity index (χ3n) is 5.73. The van der Waals surface area contributed by atoms with Crippen molar-refractivity contribution < 1.29 is 38.3 Å². The van der Waals surface area contributed by atoms with Crippen LogP contribution in [0.5, 0.6) is 0 Å². The normalized spacial score (nSPS) is 19.3. The summed E-state index contributed by atoms with van der Waals surface area (Å²) in [5.74, 6) is -2.99. The number of thioether (sulfide) groups is 3. The zero-order valence-corrected chi connectivity index (χ0v) is 23.8. The van der Waals surface area contributed by atoms with E-state index in [0.717, 1.165) is 4.90 Å². The highest BCUT2D eigenvalue weighted by Crippen LogP contribution is 2.41. The van der Waals surface area contributed by atoms with Crippen LogP contribution < -0.4 is 9.88 Å². The molecule has 0 spiro atoms. The molecule has 1 aromatic heterocycles. The fourth-order valence-corrected chi connectivity index (χ4v) is 7.51. The van der Waals surface area contributed by atoms with Gasteiger partial charge in [0.15, 0.2) is 18.9 Å². The number of nitrogens with one attached hydrogen (secondary N) is 1. The number of hydrogen-bond acceptors (Lipinski definition) is 7. The Morgan fingerprint density at radius 3 is 2.56 bits per heavy atom. The molecule has 4 rings (SSSR count). The van der Waals surface area contributed by atoms with E-state index in [1.54, 1.807) is 42.7 Å². The average Bonchev–Trinajstić information content (AvgIpc) is 2.91. The van der Waals surface area contributed by atoms with Gasteiger partial charge in [-0.05, 0) is 23.8 Å². The van der Waals surface area contributed by atoms with Gasteiger partial charge in [-0.15, -0.1) is 35.3 Å². The van der Waals surface area contributed by atoms with Crippen molar-refractivity contribution in [2.75, 3.05) is 17.3 Å². The van der Waals surface area contributed by atoms with E-state index < -0.39 is 35.4 Å². The Morgan fingerprint density at radius 2 is 1.90 bits per heavy atom. The van der Waals surface area contributed by atoms with Crippen molar-refractivity contribution in [2.45, 2.75) is 33.9 Å². The van der Waals surface area contributed by atoms with Crippen molar-refractivity contribution in [1.29, 1.82) is 0 Å². The molecule has 2 aliphatic rings. The van der Waals surface area contributed by atoms with Crippen molar-refractivity contribution in [1.82, 2.24) is 10.2 Å². The second-order valence-electron chi connectivity index (χ2n) is 8.40. The van der Waals surface area contributed by atoms with Crippen LogP contribution in [0.3, 0.4) is 0 Å². The lowest BCUT2D eigenvalue weighted by molar-refractivity contribution is -0.700. The van der Waals surface area contributed by atoms with E-state index in [1.807, 2.05) is 0 Å². The molecule has 1 saturated heterocycles. The molecule has 3 atom stereocenters. The quantitative estimate of drug-likeness (QED) is 0.194. The number of fused-ring (bicyclic) bond motifs is 1. The molecule has 3 N–H and O–H groups in total. The molecule has 0 radical (unpaired) electrons. The largest absolute Gasteiger partial charge is 0.479 e. The van der Waals surface area contributed by atoms with E-state index in [2.05, 4.69) is 5.32 Å². The lowest BCUT2D eigenvalue weighted by Gasteiger charge is -2.49. The Balaban J connectivity index is 1.35. The molecule has 206 valence electrons. The van der Waals surface area contributed by atoms with Crippen molar-refractivity contribution >= 4 is 82.2 Å². The minimum Gasteiger partial charge on any atom is -0.479 e. The number of aromatic nitrogens is 1. The highest BCUT2D eigenvalue weighted by molar-refractivity contribution is 8.01. The summed E-state index contributed by atoms with van der Waals surface area (Å²) in [5.41, 5.74) is 0.471. The lowest BCUT2D eigenvalue weighted by atomic mass is 10.0. The van der Waals surface area contributed by atoms with Gasteiger partial charge in [-0.25, -0.2) is 18.5 Å². The van der Waals surface area contributed by atoms with Crippen LogP contribution in [0.15, 0.2) is 63.8 Å². The maximum Gasteiger partial charge on any atom is 0.352 e. The first-order chi connectivity index (χ1) is 18.5. The number of carboxylic acids is 2. The van der Waals surface area contributed by atoms with Gasteiger partial charge in [-0.3, -0.25) is 14.5 Å². The Bertz CT molecular complexity index is 1350. The van der Waals surface area contributed by atoms with Gasteiger partial charge in [-0.2, -0.15) is 0 Å². The monoisotopic (exact) mass is 632 g/mol. The van der Waals surface area contributed by atoms with Crippen molar-refractivity contribution in [3.63, 3.8) is 0 Å². The second kappa shape index (κ2) is 12.8. The zero-order chi connectivity index (χ0) is 28.3. The summed E-state index contributed by atoms with van der Waals surface area (Å²) in [7, 11) is 0. The van der Waals surface area contributed by atoms with Crippen molar-refractivity contribution in [3.05, 3.63) is 64.0 Å². The Hall–Kier alpha value is -2.45. The average molecular weight is 634 g/mol. The number of β-lactam (4-membered cyclic amide) rings is 1. The number of pyridine rings is 1. The topological polar surface area (TPSA) is 128 Å². The number of hydrogen-bond donors (Lipinski definition) is 3. The first kappa shape index (κ1) is 29.5. The van der Waals surface area contributed by atoms with E-state index in [0.29, 0.717) is 32.0 Å². The maximum atomic E-state index is 13.4. The standard InChI is InChI=1S/C24H20Cl2FN3O6S3/c25-13-1-2-15(26)17(7-13)38-11-18(31)28-19-21(32)30-20(24(35)36)12(10-39-22(19)30)9-37-14-3-5-29(6-4-14)8-16(27)23(33)34/h1-7,16,19,22H,8-11H2,(H2-,28,31,33,34,35,36)/p+1/t16?,19-,22+/m0/s1. The molecule has 1 aromatic carbocycles. The van der Waals surface area contributed by atoms with Crippen LogP contribution in [0.2, 0.25) is 10.0 Å². The summed E-state index contributed by atoms with van der Waals surface area (Å²) < 4.78 is 14.8. The third kappa shape index (κ3) is 7.01. The molecule has 0 aliphatic carbocycles. The lowest BCUT2D eigenvalue weighted by Crippen LogP contribution is -2.70. The summed E-state index contributed by atoms with van der Waals surface area (Å²) >= 11 is 16.0. The van der Waals surface area contributed by atoms with Crippen LogP contribution in [-0.4, -0.2) is 73.7 Å². The smallest absolute Gasteiger partial charge is 0.352 e. The molecular weight excluding hydrogens is 612 g/mol. The number of halogens is 3. The molecule has 2 amide bonds. The predicted octanol–water partition coefficient (Wildman–Crippen LogP) is 3.33. The number of benzene rings is 1. The van der Waals surface area contributed by atoms with Crippen LogP contribution in [-0.2, 0) is 25.7 Å². The highest BCUT2D eigenvalue weighted by Gasteiger charge is 2.54. The molecule has 3 heterocycles. The number of rotatable bonds is 11. The van der Waals surface area contributed by atoms with Gasteiger partial charge in [0.05, 0.1) is 10.8 Å². The Kier molecular flexibility index (Phi) is 9.70. The van der Waals surface area contributed by atoms with Gasteiger partial charge in [0.1, 0.15) is 17.1 Å². The number of carboxylic acid groups (broad SMARTS) is 2. The summed E-state index contributed by atoms with van der Waals surface area (Å²) in [5, 5.41) is 21.7. The summed E-state index contributed by atoms with van der Waals surface area (Å²) in [6.07, 6.45) is 1.06. The van der Waals surface area contributed by atoms with E-state index in [1.165, 1.54) is 44.8 Å². The van der Waals surface area contributed by atoms with Crippen LogP contribution >= 0.6 is 58.5 Å². The summed E-state index contributed by atoms with van der Waals surface area (Å²) in [6.45, 7) is -0.325. The summed E-state index contributed by atoms with van der Waals surface area (Å²) in [4.78, 5) is 50.8. The molecule has 1 fully saturated rings. The van der Waals surface area contributed by atoms with Crippen LogP contribution in [0.1, 0.15) is 0 Å². The molecule has 9 nitrogen and oxygen atoms in total. The molecule has 2 aliphatic heterocycles. The predicted molar refractivity (Wildman–Crippen MR) is 147 cm³/mol. The van der Waals surface area contributed by atoms with Gasteiger partial charge < -0.3 is 15.5 Å². The Morgan fingerprint density at radius 1 is 1.18 bits per heavy atom. The summed E-state index contributed by atoms with van der Waals surface area (Å²) in [6, 6.07) is 7.42. The zero-order valence-electron chi connectivity index (χ0n) is 19.9. The van der Waals surface area contributed by atoms with Gasteiger partial charge in [0, 0.05) is 38.5 Å². The van der Waals surface area contributed by atoms with E-state index >= 15 is 0 Å². The Labute approximate surface area is 245 Å². The number of carbonyl (C=O) groups is 4. The fraction of sp³-hybridized carbons (Fsp3) is 0.292. The van der Waals surface area contributed by atoms with E-state index in [4.69, 9.17) is 28.3 Å². The minimum atomic E-state index is -2.02. The third-order valence-corrected chi connectivity index (χ3v) is 9.90. The van der Waals surface area contributed by atoms with E-state index in [-0.39, 0.29) is 23.9 Å². The van der Waals surface area contributed by atoms with E-state index in [9.17, 15) is 28.7 Å². The molecule has 39 heavy (non-hydrogen) atoms. The number of amides is 2. The fourth-order valence-electron chi connectivity index (χ4n) is 3.84. The number of nitrogens with zero attached hydrogens (tertiary/aromatic N) is 2. The van der Waals surface area contributed by atoms with Gasteiger partial charge in [-0.1, -0.05) is 23.2 Å². The molecule has 0 bridgehead atoms. The second-order valence-corrected chi connectivity index (χ2v) is 12.4. The molecule has 15 heteroatoms. The number of alkyl halides is 1. The first-order valence-corrected chi connectivity index (χ1v) is 15.1. The molecule has 0 saturated carbocycles. The SMILES string of the molecule is O=C(CSc1cc(Cl)ccc1Cl)N[C@H]1C(=O)N2C(C(=O)O)=C(CSc3cc[n+](CC(F)C(=O)O)cc3)CS[C@H]12. The molecular formula is C24H21Cl2FN3O6S3+. The molecule has 2 aromatic rings. The highest BCUT2D eigenvalue weighted by atomic mass is 35.5. The maximum absolute atomic E-state index is 13.4. The van der Waals surface area contributed by atoms with Crippen molar-refractivity contribution in [3.8, 4) is 0 Å². The minimum absolute atomic E-state index is 0.00408. The molecule has 1 unspecified atom stereocenters. The van der Waals surface area contributed by atoms with Gasteiger partial charge >= 0.3 is 11.9 Å². The first-order valence-electron chi connectivity index (χ1n) is 11.3. The van der Waals surface area contributed by atoms with Gasteiger partial charge in [0.2, 0.25) is 5.91 Å².